The SMILES string of the molecule is Cc1nc(Cl)cc(N2CCC(F)C2)n1. The summed E-state index contributed by atoms with van der Waals surface area (Å²) in [6.45, 7) is 2.89. The van der Waals surface area contributed by atoms with Gasteiger partial charge in [0.25, 0.3) is 0 Å². The molecule has 0 radical (unpaired) electrons. The Morgan fingerprint density at radius 2 is 2.36 bits per heavy atom. The fraction of sp³-hybridized carbons (Fsp3) is 0.556. The quantitative estimate of drug-likeness (QED) is 0.671. The van der Waals surface area contributed by atoms with Crippen LogP contribution in [0.15, 0.2) is 6.07 Å². The minimum absolute atomic E-state index is 0.410. The van der Waals surface area contributed by atoms with Gasteiger partial charge in [0, 0.05) is 12.6 Å². The lowest BCUT2D eigenvalue weighted by Crippen LogP contribution is -2.21. The predicted molar refractivity (Wildman–Crippen MR) is 53.5 cm³/mol. The molecule has 0 spiro atoms. The third-order valence-corrected chi connectivity index (χ3v) is 2.44. The van der Waals surface area contributed by atoms with Crippen LogP contribution in [-0.4, -0.2) is 29.2 Å². The van der Waals surface area contributed by atoms with Crippen molar-refractivity contribution in [2.24, 2.45) is 0 Å². The van der Waals surface area contributed by atoms with Gasteiger partial charge in [0.05, 0.1) is 6.54 Å². The maximum absolute atomic E-state index is 12.9. The van der Waals surface area contributed by atoms with Gasteiger partial charge in [-0.2, -0.15) is 0 Å². The first kappa shape index (κ1) is 9.65. The first-order valence-electron chi connectivity index (χ1n) is 4.55. The summed E-state index contributed by atoms with van der Waals surface area (Å²) < 4.78 is 12.9. The zero-order valence-electron chi connectivity index (χ0n) is 7.87. The van der Waals surface area contributed by atoms with Gasteiger partial charge in [0.1, 0.15) is 23.0 Å². The molecule has 1 atom stereocenters. The normalized spacial score (nSPS) is 21.6. The standard InChI is InChI=1S/C9H11ClFN3/c1-6-12-8(10)4-9(13-6)14-3-2-7(11)5-14/h4,7H,2-3,5H2,1H3. The molecule has 0 aromatic carbocycles. The Labute approximate surface area is 86.9 Å². The van der Waals surface area contributed by atoms with E-state index in [1.807, 2.05) is 4.90 Å². The van der Waals surface area contributed by atoms with Crippen molar-refractivity contribution in [1.82, 2.24) is 9.97 Å². The molecule has 3 nitrogen and oxygen atoms in total. The maximum atomic E-state index is 12.9. The van der Waals surface area contributed by atoms with E-state index in [9.17, 15) is 4.39 Å². The molecule has 1 aliphatic rings. The summed E-state index contributed by atoms with van der Waals surface area (Å²) in [5.74, 6) is 1.34. The summed E-state index contributed by atoms with van der Waals surface area (Å²) in [6, 6.07) is 1.67. The lowest BCUT2D eigenvalue weighted by atomic mass is 10.3. The van der Waals surface area contributed by atoms with Crippen LogP contribution in [0.25, 0.3) is 0 Å². The number of hydrogen-bond donors (Lipinski definition) is 0. The number of nitrogens with zero attached hydrogens (tertiary/aromatic N) is 3. The highest BCUT2D eigenvalue weighted by Crippen LogP contribution is 2.21. The average Bonchev–Trinajstić information content (AvgIpc) is 2.50. The van der Waals surface area contributed by atoms with Crippen molar-refractivity contribution in [3.63, 3.8) is 0 Å². The molecule has 1 aliphatic heterocycles. The fourth-order valence-electron chi connectivity index (χ4n) is 1.60. The van der Waals surface area contributed by atoms with Crippen molar-refractivity contribution in [1.29, 1.82) is 0 Å². The van der Waals surface area contributed by atoms with E-state index in [1.54, 1.807) is 13.0 Å². The number of anilines is 1. The van der Waals surface area contributed by atoms with Crippen molar-refractivity contribution in [2.45, 2.75) is 19.5 Å². The van der Waals surface area contributed by atoms with Crippen LogP contribution in [0.4, 0.5) is 10.2 Å². The molecule has 1 aromatic heterocycles. The Morgan fingerprint density at radius 1 is 1.57 bits per heavy atom. The predicted octanol–water partition coefficient (Wildman–Crippen LogP) is 1.99. The molecule has 76 valence electrons. The van der Waals surface area contributed by atoms with E-state index in [2.05, 4.69) is 9.97 Å². The number of aromatic nitrogens is 2. The highest BCUT2D eigenvalue weighted by Gasteiger charge is 2.23. The molecule has 0 aliphatic carbocycles. The van der Waals surface area contributed by atoms with Crippen molar-refractivity contribution < 1.29 is 4.39 Å². The molecule has 1 unspecified atom stereocenters. The largest absolute Gasteiger partial charge is 0.353 e. The Hall–Kier alpha value is -0.900. The second-order valence-electron chi connectivity index (χ2n) is 3.43. The third kappa shape index (κ3) is 1.95. The van der Waals surface area contributed by atoms with Gasteiger partial charge >= 0.3 is 0 Å². The molecule has 1 fully saturated rings. The van der Waals surface area contributed by atoms with Crippen LogP contribution in [0.3, 0.4) is 0 Å². The second-order valence-corrected chi connectivity index (χ2v) is 3.82. The van der Waals surface area contributed by atoms with Crippen LogP contribution in [-0.2, 0) is 0 Å². The average molecular weight is 216 g/mol. The molecular formula is C9H11ClFN3. The van der Waals surface area contributed by atoms with Crippen LogP contribution in [0.1, 0.15) is 12.2 Å². The Balaban J connectivity index is 2.23. The Bertz CT molecular complexity index is 325. The molecule has 1 saturated heterocycles. The molecule has 2 rings (SSSR count). The molecule has 2 heterocycles. The third-order valence-electron chi connectivity index (χ3n) is 2.25. The second kappa shape index (κ2) is 3.69. The van der Waals surface area contributed by atoms with E-state index in [1.165, 1.54) is 0 Å². The van der Waals surface area contributed by atoms with E-state index in [4.69, 9.17) is 11.6 Å². The zero-order chi connectivity index (χ0) is 10.1. The van der Waals surface area contributed by atoms with E-state index < -0.39 is 6.17 Å². The number of hydrogen-bond acceptors (Lipinski definition) is 3. The van der Waals surface area contributed by atoms with Gasteiger partial charge in [0.2, 0.25) is 0 Å². The topological polar surface area (TPSA) is 29.0 Å². The molecular weight excluding hydrogens is 205 g/mol. The molecule has 0 saturated carbocycles. The lowest BCUT2D eigenvalue weighted by molar-refractivity contribution is 0.364. The van der Waals surface area contributed by atoms with Crippen LogP contribution < -0.4 is 4.90 Å². The molecule has 0 amide bonds. The van der Waals surface area contributed by atoms with Crippen molar-refractivity contribution in [2.75, 3.05) is 18.0 Å². The van der Waals surface area contributed by atoms with Gasteiger partial charge < -0.3 is 4.90 Å². The smallest absolute Gasteiger partial charge is 0.134 e. The van der Waals surface area contributed by atoms with Gasteiger partial charge in [-0.3, -0.25) is 0 Å². The van der Waals surface area contributed by atoms with E-state index >= 15 is 0 Å². The monoisotopic (exact) mass is 215 g/mol. The molecule has 0 bridgehead atoms. The maximum Gasteiger partial charge on any atom is 0.134 e. The highest BCUT2D eigenvalue weighted by molar-refractivity contribution is 6.29. The van der Waals surface area contributed by atoms with Gasteiger partial charge in [-0.15, -0.1) is 0 Å². The van der Waals surface area contributed by atoms with Gasteiger partial charge in [0.15, 0.2) is 0 Å². The summed E-state index contributed by atoms with van der Waals surface area (Å²) in [6.07, 6.45) is -0.176. The van der Waals surface area contributed by atoms with Crippen molar-refractivity contribution >= 4 is 17.4 Å². The van der Waals surface area contributed by atoms with E-state index in [0.717, 1.165) is 5.82 Å². The minimum atomic E-state index is -0.746. The summed E-state index contributed by atoms with van der Waals surface area (Å²) in [4.78, 5) is 10.1. The Morgan fingerprint density at radius 3 is 2.93 bits per heavy atom. The van der Waals surface area contributed by atoms with E-state index in [0.29, 0.717) is 30.5 Å². The number of alkyl halides is 1. The first-order valence-corrected chi connectivity index (χ1v) is 4.93. The van der Waals surface area contributed by atoms with Gasteiger partial charge in [-0.25, -0.2) is 14.4 Å². The fourth-order valence-corrected chi connectivity index (χ4v) is 1.82. The molecule has 1 aromatic rings. The minimum Gasteiger partial charge on any atom is -0.353 e. The number of halogens is 2. The van der Waals surface area contributed by atoms with Crippen LogP contribution in [0, 0.1) is 6.92 Å². The lowest BCUT2D eigenvalue weighted by Gasteiger charge is -2.16. The van der Waals surface area contributed by atoms with Crippen LogP contribution >= 0.6 is 11.6 Å². The van der Waals surface area contributed by atoms with Crippen LogP contribution in [0.2, 0.25) is 5.15 Å². The number of aryl methyl sites for hydroxylation is 1. The summed E-state index contributed by atoms with van der Waals surface area (Å²) in [5, 5.41) is 0.412. The van der Waals surface area contributed by atoms with Gasteiger partial charge in [-0.05, 0) is 13.3 Å². The zero-order valence-corrected chi connectivity index (χ0v) is 8.63. The summed E-state index contributed by atoms with van der Waals surface area (Å²) >= 11 is 5.79. The molecule has 14 heavy (non-hydrogen) atoms. The van der Waals surface area contributed by atoms with Crippen molar-refractivity contribution in [3.8, 4) is 0 Å². The molecule has 5 heteroatoms. The first-order chi connectivity index (χ1) is 6.65. The van der Waals surface area contributed by atoms with E-state index in [-0.39, 0.29) is 0 Å². The Kier molecular flexibility index (Phi) is 2.54. The number of rotatable bonds is 1. The molecule has 0 N–H and O–H groups in total. The van der Waals surface area contributed by atoms with Crippen molar-refractivity contribution in [3.05, 3.63) is 17.0 Å². The summed E-state index contributed by atoms with van der Waals surface area (Å²) in [5.41, 5.74) is 0. The van der Waals surface area contributed by atoms with Gasteiger partial charge in [-0.1, -0.05) is 11.6 Å². The summed E-state index contributed by atoms with van der Waals surface area (Å²) in [7, 11) is 0. The highest BCUT2D eigenvalue weighted by atomic mass is 35.5. The van der Waals surface area contributed by atoms with Crippen LogP contribution in [0.5, 0.6) is 0 Å².